The van der Waals surface area contributed by atoms with Gasteiger partial charge in [-0.1, -0.05) is 28.9 Å². The first-order valence-corrected chi connectivity index (χ1v) is 7.23. The highest BCUT2D eigenvalue weighted by molar-refractivity contribution is 9.10. The van der Waals surface area contributed by atoms with Gasteiger partial charge in [0.05, 0.1) is 6.26 Å². The molecule has 102 valence electrons. The van der Waals surface area contributed by atoms with Crippen molar-refractivity contribution >= 4 is 15.9 Å². The molecule has 1 aromatic heterocycles. The highest BCUT2D eigenvalue weighted by atomic mass is 79.9. The molecule has 0 bridgehead atoms. The first-order valence-electron chi connectivity index (χ1n) is 6.44. The zero-order chi connectivity index (χ0) is 13.5. The van der Waals surface area contributed by atoms with Crippen LogP contribution < -0.4 is 10.1 Å². The van der Waals surface area contributed by atoms with Crippen molar-refractivity contribution in [3.05, 3.63) is 52.4 Å². The fourth-order valence-electron chi connectivity index (χ4n) is 1.76. The highest BCUT2D eigenvalue weighted by Crippen LogP contribution is 2.20. The first kappa shape index (κ1) is 14.2. The van der Waals surface area contributed by atoms with E-state index in [2.05, 4.69) is 28.2 Å². The van der Waals surface area contributed by atoms with Gasteiger partial charge < -0.3 is 14.5 Å². The van der Waals surface area contributed by atoms with Gasteiger partial charge in [-0.15, -0.1) is 0 Å². The molecule has 2 aromatic rings. The van der Waals surface area contributed by atoms with Crippen molar-refractivity contribution in [2.24, 2.45) is 0 Å². The van der Waals surface area contributed by atoms with Crippen LogP contribution in [0.4, 0.5) is 0 Å². The summed E-state index contributed by atoms with van der Waals surface area (Å²) in [5, 5.41) is 3.36. The predicted octanol–water partition coefficient (Wildman–Crippen LogP) is 4.12. The van der Waals surface area contributed by atoms with E-state index in [0.29, 0.717) is 6.61 Å². The SMILES string of the molecule is CCCNCc1ccoc1COc1cccc(Br)c1. The van der Waals surface area contributed by atoms with Gasteiger partial charge in [-0.3, -0.25) is 0 Å². The molecule has 0 amide bonds. The van der Waals surface area contributed by atoms with Crippen LogP contribution in [-0.2, 0) is 13.2 Å². The molecule has 1 aromatic carbocycles. The molecule has 3 nitrogen and oxygen atoms in total. The molecule has 0 aliphatic rings. The van der Waals surface area contributed by atoms with Gasteiger partial charge in [0.2, 0.25) is 0 Å². The van der Waals surface area contributed by atoms with E-state index in [0.717, 1.165) is 41.1 Å². The molecule has 0 saturated heterocycles. The number of hydrogen-bond donors (Lipinski definition) is 1. The summed E-state index contributed by atoms with van der Waals surface area (Å²) in [6.07, 6.45) is 2.84. The highest BCUT2D eigenvalue weighted by Gasteiger charge is 2.07. The number of nitrogens with one attached hydrogen (secondary N) is 1. The maximum absolute atomic E-state index is 5.73. The van der Waals surface area contributed by atoms with Gasteiger partial charge >= 0.3 is 0 Å². The third-order valence-corrected chi connectivity index (χ3v) is 3.24. The fourth-order valence-corrected chi connectivity index (χ4v) is 2.13. The molecule has 19 heavy (non-hydrogen) atoms. The predicted molar refractivity (Wildman–Crippen MR) is 79.2 cm³/mol. The lowest BCUT2D eigenvalue weighted by molar-refractivity contribution is 0.268. The van der Waals surface area contributed by atoms with Gasteiger partial charge in [0, 0.05) is 16.6 Å². The van der Waals surface area contributed by atoms with E-state index in [9.17, 15) is 0 Å². The van der Waals surface area contributed by atoms with E-state index in [1.807, 2.05) is 30.3 Å². The minimum absolute atomic E-state index is 0.451. The Morgan fingerprint density at radius 2 is 2.21 bits per heavy atom. The van der Waals surface area contributed by atoms with E-state index in [1.54, 1.807) is 6.26 Å². The number of halogens is 1. The van der Waals surface area contributed by atoms with Crippen molar-refractivity contribution < 1.29 is 9.15 Å². The molecule has 0 aliphatic heterocycles. The maximum atomic E-state index is 5.73. The van der Waals surface area contributed by atoms with Gasteiger partial charge in [0.1, 0.15) is 18.1 Å². The number of hydrogen-bond acceptors (Lipinski definition) is 3. The molecule has 0 saturated carbocycles. The van der Waals surface area contributed by atoms with Crippen LogP contribution in [-0.4, -0.2) is 6.54 Å². The Balaban J connectivity index is 1.90. The topological polar surface area (TPSA) is 34.4 Å². The van der Waals surface area contributed by atoms with Crippen molar-refractivity contribution in [1.82, 2.24) is 5.32 Å². The fraction of sp³-hybridized carbons (Fsp3) is 0.333. The van der Waals surface area contributed by atoms with Gasteiger partial charge in [0.25, 0.3) is 0 Å². The Bertz CT molecular complexity index is 510. The smallest absolute Gasteiger partial charge is 0.146 e. The molecule has 1 heterocycles. The largest absolute Gasteiger partial charge is 0.486 e. The lowest BCUT2D eigenvalue weighted by Crippen LogP contribution is -2.14. The summed E-state index contributed by atoms with van der Waals surface area (Å²) in [5.74, 6) is 1.71. The first-order chi connectivity index (χ1) is 9.29. The van der Waals surface area contributed by atoms with Crippen molar-refractivity contribution in [2.45, 2.75) is 26.5 Å². The Morgan fingerprint density at radius 3 is 3.00 bits per heavy atom. The molecular formula is C15H18BrNO2. The number of ether oxygens (including phenoxy) is 1. The molecule has 1 N–H and O–H groups in total. The third kappa shape index (κ3) is 4.40. The summed E-state index contributed by atoms with van der Waals surface area (Å²) in [7, 11) is 0. The number of benzene rings is 1. The molecule has 2 rings (SSSR count). The molecule has 0 atom stereocenters. The average Bonchev–Trinajstić information content (AvgIpc) is 2.84. The summed E-state index contributed by atoms with van der Waals surface area (Å²) < 4.78 is 12.2. The lowest BCUT2D eigenvalue weighted by Gasteiger charge is -2.07. The van der Waals surface area contributed by atoms with Gasteiger partial charge in [-0.2, -0.15) is 0 Å². The molecule has 0 radical (unpaired) electrons. The third-order valence-electron chi connectivity index (χ3n) is 2.75. The number of rotatable bonds is 7. The second-order valence-corrected chi connectivity index (χ2v) is 5.21. The summed E-state index contributed by atoms with van der Waals surface area (Å²) >= 11 is 3.42. The molecule has 0 fully saturated rings. The Labute approximate surface area is 122 Å². The van der Waals surface area contributed by atoms with Gasteiger partial charge in [-0.25, -0.2) is 0 Å². The standard InChI is InChI=1S/C15H18BrNO2/c1-2-7-17-10-12-6-8-18-15(12)11-19-14-5-3-4-13(16)9-14/h3-6,8-9,17H,2,7,10-11H2,1H3. The van der Waals surface area contributed by atoms with Crippen LogP contribution in [0, 0.1) is 0 Å². The molecule has 0 aliphatic carbocycles. The van der Waals surface area contributed by atoms with Crippen LogP contribution in [0.2, 0.25) is 0 Å². The molecule has 0 spiro atoms. The van der Waals surface area contributed by atoms with Crippen molar-refractivity contribution in [2.75, 3.05) is 6.54 Å². The van der Waals surface area contributed by atoms with Crippen molar-refractivity contribution in [3.8, 4) is 5.75 Å². The van der Waals surface area contributed by atoms with Crippen molar-refractivity contribution in [1.29, 1.82) is 0 Å². The minimum Gasteiger partial charge on any atom is -0.486 e. The summed E-state index contributed by atoms with van der Waals surface area (Å²) in [5.41, 5.74) is 1.16. The van der Waals surface area contributed by atoms with Gasteiger partial charge in [-0.05, 0) is 37.2 Å². The Kier molecular flexibility index (Phi) is 5.48. The summed E-state index contributed by atoms with van der Waals surface area (Å²) in [6.45, 7) is 4.44. The van der Waals surface area contributed by atoms with E-state index < -0.39 is 0 Å². The summed E-state index contributed by atoms with van der Waals surface area (Å²) in [6, 6.07) is 9.79. The number of furan rings is 1. The second kappa shape index (κ2) is 7.36. The van der Waals surface area contributed by atoms with Crippen molar-refractivity contribution in [3.63, 3.8) is 0 Å². The molecular weight excluding hydrogens is 306 g/mol. The maximum Gasteiger partial charge on any atom is 0.146 e. The van der Waals surface area contributed by atoms with Gasteiger partial charge in [0.15, 0.2) is 0 Å². The quantitative estimate of drug-likeness (QED) is 0.778. The Morgan fingerprint density at radius 1 is 1.32 bits per heavy atom. The molecule has 4 heteroatoms. The van der Waals surface area contributed by atoms with E-state index >= 15 is 0 Å². The monoisotopic (exact) mass is 323 g/mol. The van der Waals surface area contributed by atoms with E-state index in [4.69, 9.17) is 9.15 Å². The zero-order valence-electron chi connectivity index (χ0n) is 11.0. The van der Waals surface area contributed by atoms with Crippen LogP contribution in [0.3, 0.4) is 0 Å². The van der Waals surface area contributed by atoms with Crippen LogP contribution in [0.5, 0.6) is 5.75 Å². The average molecular weight is 324 g/mol. The van der Waals surface area contributed by atoms with E-state index in [-0.39, 0.29) is 0 Å². The van der Waals surface area contributed by atoms with Crippen LogP contribution in [0.1, 0.15) is 24.7 Å². The summed E-state index contributed by atoms with van der Waals surface area (Å²) in [4.78, 5) is 0. The van der Waals surface area contributed by atoms with Crippen LogP contribution in [0.15, 0.2) is 45.5 Å². The lowest BCUT2D eigenvalue weighted by atomic mass is 10.2. The van der Waals surface area contributed by atoms with E-state index in [1.165, 1.54) is 0 Å². The molecule has 0 unspecified atom stereocenters. The Hall–Kier alpha value is -1.26. The minimum atomic E-state index is 0.451. The van der Waals surface area contributed by atoms with Crippen LogP contribution in [0.25, 0.3) is 0 Å². The second-order valence-electron chi connectivity index (χ2n) is 4.29. The zero-order valence-corrected chi connectivity index (χ0v) is 12.6. The normalized spacial score (nSPS) is 10.6. The van der Waals surface area contributed by atoms with Crippen LogP contribution >= 0.6 is 15.9 Å².